The van der Waals surface area contributed by atoms with Crippen molar-refractivity contribution < 1.29 is 14.2 Å². The lowest BCUT2D eigenvalue weighted by Gasteiger charge is -2.15. The second kappa shape index (κ2) is 10.8. The average Bonchev–Trinajstić information content (AvgIpc) is 2.68. The van der Waals surface area contributed by atoms with E-state index >= 15 is 0 Å². The van der Waals surface area contributed by atoms with E-state index in [9.17, 15) is 0 Å². The minimum absolute atomic E-state index is 0.539. The van der Waals surface area contributed by atoms with Gasteiger partial charge in [0.15, 0.2) is 0 Å². The highest BCUT2D eigenvalue weighted by atomic mass is 16.5. The molecule has 0 aliphatic carbocycles. The molecule has 0 unspecified atom stereocenters. The first-order valence-corrected chi connectivity index (χ1v) is 9.34. The van der Waals surface area contributed by atoms with Crippen LogP contribution in [0.25, 0.3) is 0 Å². The predicted molar refractivity (Wildman–Crippen MR) is 103 cm³/mol. The van der Waals surface area contributed by atoms with E-state index in [2.05, 4.69) is 22.8 Å². The SMILES string of the molecule is c1ccc2c(c1)CNCCCNCc1ccccc1OCCOCCO2. The van der Waals surface area contributed by atoms with E-state index in [0.29, 0.717) is 26.4 Å². The Balaban J connectivity index is 1.56. The number of fused-ring (bicyclic) bond motifs is 2. The Hall–Kier alpha value is -2.08. The van der Waals surface area contributed by atoms with Crippen molar-refractivity contribution in [3.05, 3.63) is 59.7 Å². The van der Waals surface area contributed by atoms with Crippen molar-refractivity contribution in [1.29, 1.82) is 0 Å². The standard InChI is InChI=1S/C21H28N2O3/c1-3-8-20-18(6-1)16-22-10-5-11-23-17-19-7-2-4-9-21(19)26-15-13-24-12-14-25-20/h1-4,6-9,22-23H,5,10-17H2. The lowest BCUT2D eigenvalue weighted by molar-refractivity contribution is 0.0759. The molecule has 140 valence electrons. The van der Waals surface area contributed by atoms with Crippen molar-refractivity contribution in [2.75, 3.05) is 39.5 Å². The molecular formula is C21H28N2O3. The summed E-state index contributed by atoms with van der Waals surface area (Å²) in [5.41, 5.74) is 2.36. The number of ether oxygens (including phenoxy) is 3. The number of nitrogens with one attached hydrogen (secondary N) is 2. The summed E-state index contributed by atoms with van der Waals surface area (Å²) in [7, 11) is 0. The fourth-order valence-electron chi connectivity index (χ4n) is 2.89. The molecule has 0 saturated carbocycles. The quantitative estimate of drug-likeness (QED) is 0.760. The van der Waals surface area contributed by atoms with Crippen molar-refractivity contribution in [2.24, 2.45) is 0 Å². The van der Waals surface area contributed by atoms with E-state index in [1.54, 1.807) is 0 Å². The molecule has 0 amide bonds. The molecule has 5 heteroatoms. The molecular weight excluding hydrogens is 328 g/mol. The van der Waals surface area contributed by atoms with Crippen LogP contribution in [0, 0.1) is 0 Å². The van der Waals surface area contributed by atoms with Gasteiger partial charge >= 0.3 is 0 Å². The van der Waals surface area contributed by atoms with E-state index in [-0.39, 0.29) is 0 Å². The van der Waals surface area contributed by atoms with Crippen LogP contribution in [0.5, 0.6) is 11.5 Å². The van der Waals surface area contributed by atoms with Crippen LogP contribution < -0.4 is 20.1 Å². The van der Waals surface area contributed by atoms with Crippen molar-refractivity contribution in [2.45, 2.75) is 19.5 Å². The van der Waals surface area contributed by atoms with E-state index in [1.807, 2.05) is 36.4 Å². The van der Waals surface area contributed by atoms with Crippen molar-refractivity contribution in [1.82, 2.24) is 10.6 Å². The van der Waals surface area contributed by atoms with Gasteiger partial charge in [0.1, 0.15) is 24.7 Å². The van der Waals surface area contributed by atoms with Gasteiger partial charge < -0.3 is 24.8 Å². The van der Waals surface area contributed by atoms with Gasteiger partial charge in [-0.3, -0.25) is 0 Å². The topological polar surface area (TPSA) is 51.8 Å². The third kappa shape index (κ3) is 6.02. The van der Waals surface area contributed by atoms with E-state index < -0.39 is 0 Å². The molecule has 3 rings (SSSR count). The maximum Gasteiger partial charge on any atom is 0.123 e. The summed E-state index contributed by atoms with van der Waals surface area (Å²) >= 11 is 0. The average molecular weight is 356 g/mol. The number of para-hydroxylation sites is 2. The molecule has 0 fully saturated rings. The number of rotatable bonds is 0. The maximum atomic E-state index is 5.87. The molecule has 5 nitrogen and oxygen atoms in total. The van der Waals surface area contributed by atoms with Gasteiger partial charge in [0.05, 0.1) is 13.2 Å². The molecule has 2 aromatic rings. The Morgan fingerprint density at radius 3 is 1.65 bits per heavy atom. The number of hydrogen-bond acceptors (Lipinski definition) is 5. The molecule has 0 saturated heterocycles. The molecule has 0 aromatic heterocycles. The smallest absolute Gasteiger partial charge is 0.123 e. The largest absolute Gasteiger partial charge is 0.491 e. The summed E-state index contributed by atoms with van der Waals surface area (Å²) in [6.07, 6.45) is 1.07. The summed E-state index contributed by atoms with van der Waals surface area (Å²) in [5, 5.41) is 6.98. The van der Waals surface area contributed by atoms with Gasteiger partial charge in [-0.1, -0.05) is 36.4 Å². The molecule has 0 radical (unpaired) electrons. The Labute approximate surface area is 155 Å². The van der Waals surface area contributed by atoms with Crippen molar-refractivity contribution in [3.63, 3.8) is 0 Å². The summed E-state index contributed by atoms with van der Waals surface area (Å²) in [5.74, 6) is 1.85. The summed E-state index contributed by atoms with van der Waals surface area (Å²) in [4.78, 5) is 0. The van der Waals surface area contributed by atoms with Gasteiger partial charge in [-0.05, 0) is 31.6 Å². The Bertz CT molecular complexity index is 552. The van der Waals surface area contributed by atoms with Crippen LogP contribution in [0.4, 0.5) is 0 Å². The predicted octanol–water partition coefficient (Wildman–Crippen LogP) is 2.74. The molecule has 26 heavy (non-hydrogen) atoms. The highest BCUT2D eigenvalue weighted by molar-refractivity contribution is 5.34. The van der Waals surface area contributed by atoms with Crippen molar-refractivity contribution in [3.8, 4) is 11.5 Å². The summed E-state index contributed by atoms with van der Waals surface area (Å²) in [6, 6.07) is 16.3. The first-order valence-electron chi connectivity index (χ1n) is 9.34. The van der Waals surface area contributed by atoms with Crippen molar-refractivity contribution >= 4 is 0 Å². The van der Waals surface area contributed by atoms with E-state index in [0.717, 1.165) is 44.1 Å². The lowest BCUT2D eigenvalue weighted by atomic mass is 10.2. The monoisotopic (exact) mass is 356 g/mol. The second-order valence-corrected chi connectivity index (χ2v) is 6.23. The van der Waals surface area contributed by atoms with Gasteiger partial charge in [0, 0.05) is 24.2 Å². The minimum Gasteiger partial charge on any atom is -0.491 e. The van der Waals surface area contributed by atoms with Crippen LogP contribution in [0.1, 0.15) is 17.5 Å². The van der Waals surface area contributed by atoms with Gasteiger partial charge in [-0.15, -0.1) is 0 Å². The highest BCUT2D eigenvalue weighted by Crippen LogP contribution is 2.18. The molecule has 1 aliphatic heterocycles. The zero-order chi connectivity index (χ0) is 17.9. The van der Waals surface area contributed by atoms with Crippen LogP contribution in [0.3, 0.4) is 0 Å². The van der Waals surface area contributed by atoms with Gasteiger partial charge in [0.25, 0.3) is 0 Å². The second-order valence-electron chi connectivity index (χ2n) is 6.23. The minimum atomic E-state index is 0.539. The lowest BCUT2D eigenvalue weighted by Crippen LogP contribution is -2.22. The van der Waals surface area contributed by atoms with Crippen LogP contribution in [-0.4, -0.2) is 39.5 Å². The van der Waals surface area contributed by atoms with Gasteiger partial charge in [-0.2, -0.15) is 0 Å². The van der Waals surface area contributed by atoms with E-state index in [4.69, 9.17) is 14.2 Å². The third-order valence-electron chi connectivity index (χ3n) is 4.25. The van der Waals surface area contributed by atoms with Crippen LogP contribution in [0.2, 0.25) is 0 Å². The Kier molecular flexibility index (Phi) is 7.78. The Morgan fingerprint density at radius 1 is 0.615 bits per heavy atom. The number of benzene rings is 2. The van der Waals surface area contributed by atoms with Gasteiger partial charge in [-0.25, -0.2) is 0 Å². The molecule has 2 aromatic carbocycles. The molecule has 1 heterocycles. The van der Waals surface area contributed by atoms with Crippen LogP contribution in [-0.2, 0) is 17.8 Å². The van der Waals surface area contributed by atoms with Crippen LogP contribution >= 0.6 is 0 Å². The van der Waals surface area contributed by atoms with Crippen LogP contribution in [0.15, 0.2) is 48.5 Å². The molecule has 0 spiro atoms. The zero-order valence-electron chi connectivity index (χ0n) is 15.2. The fourth-order valence-corrected chi connectivity index (χ4v) is 2.89. The molecule has 0 bridgehead atoms. The fraction of sp³-hybridized carbons (Fsp3) is 0.429. The third-order valence-corrected chi connectivity index (χ3v) is 4.25. The summed E-state index contributed by atoms with van der Waals surface area (Å²) in [6.45, 7) is 5.73. The van der Waals surface area contributed by atoms with E-state index in [1.165, 1.54) is 11.1 Å². The number of hydrogen-bond donors (Lipinski definition) is 2. The molecule has 0 atom stereocenters. The maximum absolute atomic E-state index is 5.87. The first kappa shape index (κ1) is 18.7. The molecule has 2 N–H and O–H groups in total. The highest BCUT2D eigenvalue weighted by Gasteiger charge is 2.05. The normalized spacial score (nSPS) is 17.5. The van der Waals surface area contributed by atoms with Gasteiger partial charge in [0.2, 0.25) is 0 Å². The Morgan fingerprint density at radius 2 is 1.12 bits per heavy atom. The summed E-state index contributed by atoms with van der Waals surface area (Å²) < 4.78 is 17.4. The zero-order valence-corrected chi connectivity index (χ0v) is 15.2. The molecule has 1 aliphatic rings. The first-order chi connectivity index (χ1) is 12.9.